The van der Waals surface area contributed by atoms with Gasteiger partial charge in [-0.3, -0.25) is 4.79 Å². The molecule has 2 aromatic rings. The maximum atomic E-state index is 12.0. The SMILES string of the molecule is Cc1cccc(C)c1NC(=O)COC(=O)c1cccc(NC(N)=O)c1. The van der Waals surface area contributed by atoms with Gasteiger partial charge in [0.2, 0.25) is 0 Å². The Morgan fingerprint density at radius 1 is 1.00 bits per heavy atom. The highest BCUT2D eigenvalue weighted by Crippen LogP contribution is 2.19. The number of hydrogen-bond acceptors (Lipinski definition) is 4. The van der Waals surface area contributed by atoms with E-state index in [4.69, 9.17) is 10.5 Å². The molecule has 0 bridgehead atoms. The predicted octanol–water partition coefficient (Wildman–Crippen LogP) is 2.59. The monoisotopic (exact) mass is 341 g/mol. The van der Waals surface area contributed by atoms with Crippen molar-refractivity contribution in [3.8, 4) is 0 Å². The zero-order valence-electron chi connectivity index (χ0n) is 14.0. The highest BCUT2D eigenvalue weighted by Gasteiger charge is 2.12. The van der Waals surface area contributed by atoms with E-state index in [1.165, 1.54) is 12.1 Å². The van der Waals surface area contributed by atoms with Gasteiger partial charge in [0.15, 0.2) is 6.61 Å². The lowest BCUT2D eigenvalue weighted by atomic mass is 10.1. The highest BCUT2D eigenvalue weighted by atomic mass is 16.5. The Balaban J connectivity index is 1.95. The first kappa shape index (κ1) is 18.0. The first-order chi connectivity index (χ1) is 11.9. The van der Waals surface area contributed by atoms with E-state index in [0.717, 1.165) is 11.1 Å². The Labute approximate surface area is 145 Å². The van der Waals surface area contributed by atoms with Crippen LogP contribution in [0.3, 0.4) is 0 Å². The Kier molecular flexibility index (Phi) is 5.73. The summed E-state index contributed by atoms with van der Waals surface area (Å²) in [6.45, 7) is 3.35. The number of primary amides is 1. The molecule has 0 fully saturated rings. The van der Waals surface area contributed by atoms with Crippen LogP contribution in [0.5, 0.6) is 0 Å². The minimum Gasteiger partial charge on any atom is -0.452 e. The molecule has 0 heterocycles. The fourth-order valence-corrected chi connectivity index (χ4v) is 2.27. The molecule has 3 amide bonds. The van der Waals surface area contributed by atoms with Crippen molar-refractivity contribution in [1.82, 2.24) is 0 Å². The van der Waals surface area contributed by atoms with Gasteiger partial charge in [0.05, 0.1) is 5.56 Å². The van der Waals surface area contributed by atoms with Gasteiger partial charge < -0.3 is 21.1 Å². The van der Waals surface area contributed by atoms with Gasteiger partial charge in [0, 0.05) is 11.4 Å². The van der Waals surface area contributed by atoms with Crippen LogP contribution in [-0.2, 0) is 9.53 Å². The molecule has 0 aliphatic carbocycles. The van der Waals surface area contributed by atoms with Crippen molar-refractivity contribution in [3.63, 3.8) is 0 Å². The molecule has 0 aromatic heterocycles. The number of rotatable bonds is 5. The molecule has 7 nitrogen and oxygen atoms in total. The summed E-state index contributed by atoms with van der Waals surface area (Å²) < 4.78 is 5.01. The van der Waals surface area contributed by atoms with Gasteiger partial charge >= 0.3 is 12.0 Å². The van der Waals surface area contributed by atoms with Crippen LogP contribution in [0.2, 0.25) is 0 Å². The summed E-state index contributed by atoms with van der Waals surface area (Å²) in [7, 11) is 0. The third-order valence-corrected chi connectivity index (χ3v) is 3.45. The molecular weight excluding hydrogens is 322 g/mol. The maximum absolute atomic E-state index is 12.0. The second-order valence-corrected chi connectivity index (χ2v) is 5.46. The predicted molar refractivity (Wildman–Crippen MR) is 94.5 cm³/mol. The maximum Gasteiger partial charge on any atom is 0.338 e. The fraction of sp³-hybridized carbons (Fsp3) is 0.167. The van der Waals surface area contributed by atoms with Crippen LogP contribution in [0.4, 0.5) is 16.2 Å². The Hall–Kier alpha value is -3.35. The number of esters is 1. The van der Waals surface area contributed by atoms with E-state index in [1.807, 2.05) is 32.0 Å². The number of ether oxygens (including phenoxy) is 1. The third-order valence-electron chi connectivity index (χ3n) is 3.45. The summed E-state index contributed by atoms with van der Waals surface area (Å²) in [5, 5.41) is 5.09. The van der Waals surface area contributed by atoms with Crippen LogP contribution >= 0.6 is 0 Å². The van der Waals surface area contributed by atoms with Crippen molar-refractivity contribution >= 4 is 29.3 Å². The average Bonchev–Trinajstić information content (AvgIpc) is 2.56. The number of para-hydroxylation sites is 1. The lowest BCUT2D eigenvalue weighted by Gasteiger charge is -2.11. The lowest BCUT2D eigenvalue weighted by Crippen LogP contribution is -2.22. The van der Waals surface area contributed by atoms with Gasteiger partial charge in [-0.05, 0) is 43.2 Å². The first-order valence-electron chi connectivity index (χ1n) is 7.56. The fourth-order valence-electron chi connectivity index (χ4n) is 2.27. The number of amides is 3. The summed E-state index contributed by atoms with van der Waals surface area (Å²) in [6.07, 6.45) is 0. The minimum absolute atomic E-state index is 0.200. The van der Waals surface area contributed by atoms with Gasteiger partial charge in [-0.2, -0.15) is 0 Å². The van der Waals surface area contributed by atoms with E-state index in [1.54, 1.807) is 12.1 Å². The molecule has 0 spiro atoms. The van der Waals surface area contributed by atoms with Crippen molar-refractivity contribution in [3.05, 3.63) is 59.2 Å². The van der Waals surface area contributed by atoms with E-state index >= 15 is 0 Å². The van der Waals surface area contributed by atoms with Gasteiger partial charge in [0.1, 0.15) is 0 Å². The number of hydrogen-bond donors (Lipinski definition) is 3. The molecule has 25 heavy (non-hydrogen) atoms. The topological polar surface area (TPSA) is 111 Å². The molecule has 0 atom stereocenters. The van der Waals surface area contributed by atoms with Crippen molar-refractivity contribution in [1.29, 1.82) is 0 Å². The molecule has 0 saturated carbocycles. The highest BCUT2D eigenvalue weighted by molar-refractivity contribution is 5.97. The van der Waals surface area contributed by atoms with E-state index in [-0.39, 0.29) is 5.56 Å². The first-order valence-corrected chi connectivity index (χ1v) is 7.56. The molecule has 0 aliphatic rings. The second-order valence-electron chi connectivity index (χ2n) is 5.46. The Morgan fingerprint density at radius 2 is 1.64 bits per heavy atom. The number of urea groups is 1. The molecule has 0 radical (unpaired) electrons. The molecule has 0 saturated heterocycles. The third kappa shape index (κ3) is 5.07. The van der Waals surface area contributed by atoms with Crippen molar-refractivity contribution < 1.29 is 19.1 Å². The number of carbonyl (C=O) groups excluding carboxylic acids is 3. The molecule has 130 valence electrons. The van der Waals surface area contributed by atoms with Crippen LogP contribution < -0.4 is 16.4 Å². The zero-order chi connectivity index (χ0) is 18.4. The van der Waals surface area contributed by atoms with Gasteiger partial charge in [0.25, 0.3) is 5.91 Å². The molecule has 4 N–H and O–H groups in total. The Bertz CT molecular complexity index is 797. The van der Waals surface area contributed by atoms with Gasteiger partial charge in [-0.15, -0.1) is 0 Å². The smallest absolute Gasteiger partial charge is 0.338 e. The summed E-state index contributed by atoms with van der Waals surface area (Å²) in [4.78, 5) is 34.9. The van der Waals surface area contributed by atoms with Gasteiger partial charge in [-0.1, -0.05) is 24.3 Å². The normalized spacial score (nSPS) is 10.0. The number of nitrogens with two attached hydrogens (primary N) is 1. The van der Waals surface area contributed by atoms with Gasteiger partial charge in [-0.25, -0.2) is 9.59 Å². The van der Waals surface area contributed by atoms with E-state index in [2.05, 4.69) is 10.6 Å². The van der Waals surface area contributed by atoms with Crippen molar-refractivity contribution in [2.24, 2.45) is 5.73 Å². The summed E-state index contributed by atoms with van der Waals surface area (Å²) >= 11 is 0. The number of anilines is 2. The summed E-state index contributed by atoms with van der Waals surface area (Å²) in [5.41, 5.74) is 8.14. The van der Waals surface area contributed by atoms with E-state index in [0.29, 0.717) is 11.4 Å². The molecule has 7 heteroatoms. The van der Waals surface area contributed by atoms with Crippen LogP contribution in [0.1, 0.15) is 21.5 Å². The number of nitrogens with one attached hydrogen (secondary N) is 2. The minimum atomic E-state index is -0.738. The second kappa shape index (κ2) is 7.96. The summed E-state index contributed by atoms with van der Waals surface area (Å²) in [5.74, 6) is -1.11. The zero-order valence-corrected chi connectivity index (χ0v) is 14.0. The van der Waals surface area contributed by atoms with Crippen molar-refractivity contribution in [2.75, 3.05) is 17.2 Å². The Morgan fingerprint density at radius 3 is 2.28 bits per heavy atom. The largest absolute Gasteiger partial charge is 0.452 e. The number of benzene rings is 2. The molecule has 2 aromatic carbocycles. The number of carbonyl (C=O) groups is 3. The van der Waals surface area contributed by atoms with E-state index in [9.17, 15) is 14.4 Å². The van der Waals surface area contributed by atoms with Crippen molar-refractivity contribution in [2.45, 2.75) is 13.8 Å². The summed E-state index contributed by atoms with van der Waals surface area (Å²) in [6, 6.07) is 11.0. The molecule has 0 aliphatic heterocycles. The van der Waals surface area contributed by atoms with E-state index < -0.39 is 24.5 Å². The average molecular weight is 341 g/mol. The van der Waals surface area contributed by atoms with Crippen LogP contribution in [0.15, 0.2) is 42.5 Å². The number of aryl methyl sites for hydroxylation is 2. The lowest BCUT2D eigenvalue weighted by molar-refractivity contribution is -0.119. The molecule has 2 rings (SSSR count). The standard InChI is InChI=1S/C18H19N3O4/c1-11-5-3-6-12(2)16(11)21-15(22)10-25-17(23)13-7-4-8-14(9-13)20-18(19)24/h3-9H,10H2,1-2H3,(H,21,22)(H3,19,20,24). The quantitative estimate of drug-likeness (QED) is 0.726. The molecule has 0 unspecified atom stereocenters. The van der Waals surface area contributed by atoms with Crippen LogP contribution in [0.25, 0.3) is 0 Å². The molecular formula is C18H19N3O4. The van der Waals surface area contributed by atoms with Crippen LogP contribution in [0, 0.1) is 13.8 Å². The van der Waals surface area contributed by atoms with Crippen LogP contribution in [-0.4, -0.2) is 24.5 Å².